The minimum atomic E-state index is -0.785. The molecule has 27 heavy (non-hydrogen) atoms. The number of rotatable bonds is 4. The Kier molecular flexibility index (Phi) is 4.75. The fourth-order valence-electron chi connectivity index (χ4n) is 3.42. The number of primary amides is 1. The molecule has 2 aromatic rings. The summed E-state index contributed by atoms with van der Waals surface area (Å²) in [6, 6.07) is 7.21. The molecule has 0 saturated heterocycles. The first-order valence-electron chi connectivity index (χ1n) is 8.92. The summed E-state index contributed by atoms with van der Waals surface area (Å²) in [5, 5.41) is 3.34. The normalized spacial score (nSPS) is 18.6. The number of hydrogen-bond donors (Lipinski definition) is 2. The van der Waals surface area contributed by atoms with Gasteiger partial charge in [-0.25, -0.2) is 0 Å². The van der Waals surface area contributed by atoms with E-state index in [1.807, 2.05) is 12.1 Å². The zero-order valence-electron chi connectivity index (χ0n) is 15.0. The van der Waals surface area contributed by atoms with Crippen LogP contribution in [-0.2, 0) is 17.8 Å². The van der Waals surface area contributed by atoms with Gasteiger partial charge < -0.3 is 20.5 Å². The number of nitrogens with two attached hydrogens (primary N) is 1. The van der Waals surface area contributed by atoms with Crippen LogP contribution in [0.1, 0.15) is 27.7 Å². The molecule has 8 heteroatoms. The van der Waals surface area contributed by atoms with Gasteiger partial charge in [0, 0.05) is 18.0 Å². The van der Waals surface area contributed by atoms with Crippen LogP contribution in [0.25, 0.3) is 0 Å². The van der Waals surface area contributed by atoms with Gasteiger partial charge in [0.15, 0.2) is 11.5 Å². The van der Waals surface area contributed by atoms with Crippen LogP contribution in [0.2, 0.25) is 0 Å². The third kappa shape index (κ3) is 3.38. The molecule has 1 aromatic heterocycles. The molecule has 0 saturated carbocycles. The third-order valence-corrected chi connectivity index (χ3v) is 6.00. The molecule has 0 aliphatic carbocycles. The summed E-state index contributed by atoms with van der Waals surface area (Å²) in [5.41, 5.74) is 7.00. The molecular weight excluding hydrogens is 366 g/mol. The minimum absolute atomic E-state index is 0.115. The monoisotopic (exact) mass is 387 g/mol. The van der Waals surface area contributed by atoms with Gasteiger partial charge in [0.1, 0.15) is 11.6 Å². The predicted octanol–water partition coefficient (Wildman–Crippen LogP) is 2.00. The van der Waals surface area contributed by atoms with E-state index in [-0.39, 0.29) is 12.5 Å². The Morgan fingerprint density at radius 3 is 2.85 bits per heavy atom. The number of thiophene rings is 1. The number of carbonyl (C=O) groups excluding carboxylic acids is 2. The van der Waals surface area contributed by atoms with Gasteiger partial charge >= 0.3 is 0 Å². The highest BCUT2D eigenvalue weighted by molar-refractivity contribution is 7.17. The molecule has 0 bridgehead atoms. The first-order valence-corrected chi connectivity index (χ1v) is 9.74. The number of hydrogen-bond acceptors (Lipinski definition) is 6. The fourth-order valence-corrected chi connectivity index (χ4v) is 4.71. The summed E-state index contributed by atoms with van der Waals surface area (Å²) in [6.07, 6.45) is -0.0311. The van der Waals surface area contributed by atoms with E-state index in [1.54, 1.807) is 12.1 Å². The quantitative estimate of drug-likeness (QED) is 0.837. The van der Waals surface area contributed by atoms with Crippen molar-refractivity contribution >= 4 is 28.2 Å². The van der Waals surface area contributed by atoms with Gasteiger partial charge in [0.2, 0.25) is 6.10 Å². The summed E-state index contributed by atoms with van der Waals surface area (Å²) in [4.78, 5) is 28.1. The number of fused-ring (bicyclic) bond motifs is 2. The van der Waals surface area contributed by atoms with Crippen molar-refractivity contribution in [3.05, 3.63) is 40.3 Å². The van der Waals surface area contributed by atoms with Crippen LogP contribution in [0.15, 0.2) is 24.3 Å². The number of anilines is 1. The number of likely N-dealkylation sites (N-methyl/N-ethyl adjacent to an activating group) is 1. The van der Waals surface area contributed by atoms with Crippen LogP contribution >= 0.6 is 11.3 Å². The van der Waals surface area contributed by atoms with E-state index in [0.29, 0.717) is 22.1 Å². The van der Waals surface area contributed by atoms with Gasteiger partial charge in [0.25, 0.3) is 11.8 Å². The van der Waals surface area contributed by atoms with Gasteiger partial charge in [-0.2, -0.15) is 0 Å². The molecule has 7 nitrogen and oxygen atoms in total. The van der Waals surface area contributed by atoms with E-state index in [1.165, 1.54) is 11.3 Å². The predicted molar refractivity (Wildman–Crippen MR) is 102 cm³/mol. The number of carbonyl (C=O) groups is 2. The van der Waals surface area contributed by atoms with Crippen molar-refractivity contribution in [3.8, 4) is 11.5 Å². The lowest BCUT2D eigenvalue weighted by atomic mass is 10.0. The van der Waals surface area contributed by atoms with Crippen LogP contribution in [0.5, 0.6) is 11.5 Å². The molecule has 3 heterocycles. The maximum absolute atomic E-state index is 12.7. The second-order valence-corrected chi connectivity index (χ2v) is 7.65. The Hall–Kier alpha value is -2.58. The summed E-state index contributed by atoms with van der Waals surface area (Å²) < 4.78 is 11.3. The largest absolute Gasteiger partial charge is 0.485 e. The lowest BCUT2D eigenvalue weighted by Gasteiger charge is -2.25. The maximum atomic E-state index is 12.7. The van der Waals surface area contributed by atoms with Crippen molar-refractivity contribution in [2.75, 3.05) is 25.0 Å². The van der Waals surface area contributed by atoms with Gasteiger partial charge in [0.05, 0.1) is 5.56 Å². The molecule has 0 unspecified atom stereocenters. The fraction of sp³-hybridized carbons (Fsp3) is 0.368. The number of ether oxygens (including phenoxy) is 2. The average Bonchev–Trinajstić information content (AvgIpc) is 3.04. The highest BCUT2D eigenvalue weighted by Gasteiger charge is 2.31. The minimum Gasteiger partial charge on any atom is -0.485 e. The maximum Gasteiger partial charge on any atom is 0.269 e. The highest BCUT2D eigenvalue weighted by Crippen LogP contribution is 2.37. The number of para-hydroxylation sites is 2. The highest BCUT2D eigenvalue weighted by atomic mass is 32.1. The van der Waals surface area contributed by atoms with E-state index in [4.69, 9.17) is 15.2 Å². The van der Waals surface area contributed by atoms with Crippen molar-refractivity contribution in [3.63, 3.8) is 0 Å². The molecule has 3 N–H and O–H groups in total. The molecule has 0 radical (unpaired) electrons. The van der Waals surface area contributed by atoms with Crippen molar-refractivity contribution in [1.29, 1.82) is 0 Å². The number of benzene rings is 1. The van der Waals surface area contributed by atoms with Gasteiger partial charge in [-0.15, -0.1) is 11.3 Å². The van der Waals surface area contributed by atoms with Crippen LogP contribution in [0.4, 0.5) is 5.00 Å². The van der Waals surface area contributed by atoms with Crippen LogP contribution in [0.3, 0.4) is 0 Å². The van der Waals surface area contributed by atoms with Crippen molar-refractivity contribution in [1.82, 2.24) is 4.90 Å². The van der Waals surface area contributed by atoms with E-state index in [0.717, 1.165) is 36.5 Å². The SMILES string of the molecule is CCN1CCc2c(sc(NC(=O)[C@H]3COc4ccccc4O3)c2C(N)=O)C1. The van der Waals surface area contributed by atoms with Gasteiger partial charge in [-0.05, 0) is 30.7 Å². The van der Waals surface area contributed by atoms with E-state index in [9.17, 15) is 9.59 Å². The smallest absolute Gasteiger partial charge is 0.269 e. The number of nitrogens with zero attached hydrogens (tertiary/aromatic N) is 1. The van der Waals surface area contributed by atoms with Gasteiger partial charge in [-0.1, -0.05) is 19.1 Å². The lowest BCUT2D eigenvalue weighted by Crippen LogP contribution is -2.40. The topological polar surface area (TPSA) is 93.9 Å². The molecule has 2 aliphatic rings. The van der Waals surface area contributed by atoms with Crippen molar-refractivity contribution in [2.24, 2.45) is 5.73 Å². The zero-order chi connectivity index (χ0) is 19.0. The standard InChI is InChI=1S/C19H21N3O4S/c1-2-22-8-7-11-15(9-22)27-19(16(11)17(20)23)21-18(24)14-10-25-12-5-3-4-6-13(12)26-14/h3-6,14H,2,7-10H2,1H3,(H2,20,23)(H,21,24)/t14-/m1/s1. The van der Waals surface area contributed by atoms with Crippen LogP contribution in [0, 0.1) is 0 Å². The Morgan fingerprint density at radius 1 is 1.33 bits per heavy atom. The Labute approximate surface area is 161 Å². The molecule has 4 rings (SSSR count). The van der Waals surface area contributed by atoms with Gasteiger partial charge in [-0.3, -0.25) is 14.5 Å². The van der Waals surface area contributed by atoms with E-state index >= 15 is 0 Å². The average molecular weight is 387 g/mol. The second kappa shape index (κ2) is 7.21. The Bertz CT molecular complexity index is 895. The summed E-state index contributed by atoms with van der Waals surface area (Å²) in [7, 11) is 0. The van der Waals surface area contributed by atoms with E-state index in [2.05, 4.69) is 17.1 Å². The molecule has 0 fully saturated rings. The van der Waals surface area contributed by atoms with E-state index < -0.39 is 12.0 Å². The molecule has 2 amide bonds. The van der Waals surface area contributed by atoms with Crippen molar-refractivity contribution < 1.29 is 19.1 Å². The molecule has 0 spiro atoms. The number of nitrogens with one attached hydrogen (secondary N) is 1. The van der Waals surface area contributed by atoms with Crippen molar-refractivity contribution in [2.45, 2.75) is 26.0 Å². The summed E-state index contributed by atoms with van der Waals surface area (Å²) in [5.74, 6) is 0.283. The Balaban J connectivity index is 1.55. The first kappa shape index (κ1) is 17.8. The van der Waals surface area contributed by atoms with Crippen LogP contribution in [-0.4, -0.2) is 42.5 Å². The Morgan fingerprint density at radius 2 is 2.11 bits per heavy atom. The second-order valence-electron chi connectivity index (χ2n) is 6.54. The first-order chi connectivity index (χ1) is 13.1. The molecule has 1 aromatic carbocycles. The molecular formula is C19H21N3O4S. The van der Waals surface area contributed by atoms with Crippen LogP contribution < -0.4 is 20.5 Å². The summed E-state index contributed by atoms with van der Waals surface area (Å²) >= 11 is 1.42. The third-order valence-electron chi connectivity index (χ3n) is 4.87. The zero-order valence-corrected chi connectivity index (χ0v) is 15.8. The lowest BCUT2D eigenvalue weighted by molar-refractivity contribution is -0.125. The molecule has 1 atom stereocenters. The number of amides is 2. The molecule has 142 valence electrons. The summed E-state index contributed by atoms with van der Waals surface area (Å²) in [6.45, 7) is 4.81. The molecule has 2 aliphatic heterocycles.